The molecule has 0 unspecified atom stereocenters. The van der Waals surface area contributed by atoms with Crippen LogP contribution in [-0.2, 0) is 11.2 Å². The SMILES string of the molecule is COCCCCCc1ccc(P(c2ccccc2)c2ccccc2)cc1. The van der Waals surface area contributed by atoms with Crippen LogP contribution in [-0.4, -0.2) is 13.7 Å². The first kappa shape index (κ1) is 18.8. The molecule has 0 aliphatic heterocycles. The maximum Gasteiger partial charge on any atom is 0.0462 e. The minimum absolute atomic E-state index is 0.496. The lowest BCUT2D eigenvalue weighted by Gasteiger charge is -2.19. The summed E-state index contributed by atoms with van der Waals surface area (Å²) in [6.45, 7) is 0.872. The second kappa shape index (κ2) is 10.3. The molecule has 0 aromatic heterocycles. The van der Waals surface area contributed by atoms with Crippen LogP contribution in [0.5, 0.6) is 0 Å². The number of aryl methyl sites for hydroxylation is 1. The van der Waals surface area contributed by atoms with Crippen molar-refractivity contribution in [2.75, 3.05) is 13.7 Å². The van der Waals surface area contributed by atoms with Gasteiger partial charge in [-0.3, -0.25) is 0 Å². The van der Waals surface area contributed by atoms with E-state index in [9.17, 15) is 0 Å². The monoisotopic (exact) mass is 362 g/mol. The molecular formula is C24H27OP. The lowest BCUT2D eigenvalue weighted by atomic mass is 10.1. The van der Waals surface area contributed by atoms with Crippen molar-refractivity contribution in [3.63, 3.8) is 0 Å². The van der Waals surface area contributed by atoms with E-state index >= 15 is 0 Å². The zero-order valence-corrected chi connectivity index (χ0v) is 16.4. The summed E-state index contributed by atoms with van der Waals surface area (Å²) in [7, 11) is 1.28. The molecule has 0 aliphatic rings. The van der Waals surface area contributed by atoms with Crippen molar-refractivity contribution in [1.29, 1.82) is 0 Å². The van der Waals surface area contributed by atoms with Crippen LogP contribution in [0.3, 0.4) is 0 Å². The van der Waals surface area contributed by atoms with Crippen molar-refractivity contribution < 1.29 is 4.74 Å². The summed E-state index contributed by atoms with van der Waals surface area (Å²) < 4.78 is 5.12. The van der Waals surface area contributed by atoms with Crippen molar-refractivity contribution in [3.8, 4) is 0 Å². The molecule has 0 atom stereocenters. The maximum atomic E-state index is 5.12. The van der Waals surface area contributed by atoms with Crippen LogP contribution in [0, 0.1) is 0 Å². The molecule has 3 aromatic carbocycles. The van der Waals surface area contributed by atoms with Gasteiger partial charge in [-0.05, 0) is 48.7 Å². The number of unbranched alkanes of at least 4 members (excludes halogenated alkanes) is 2. The first-order chi connectivity index (χ1) is 12.9. The zero-order valence-electron chi connectivity index (χ0n) is 15.5. The Bertz CT molecular complexity index is 714. The van der Waals surface area contributed by atoms with Crippen LogP contribution in [0.15, 0.2) is 84.9 Å². The van der Waals surface area contributed by atoms with Gasteiger partial charge in [-0.2, -0.15) is 0 Å². The normalized spacial score (nSPS) is 11.0. The number of rotatable bonds is 9. The fourth-order valence-corrected chi connectivity index (χ4v) is 5.45. The molecule has 0 saturated heterocycles. The smallest absolute Gasteiger partial charge is 0.0462 e. The lowest BCUT2D eigenvalue weighted by Crippen LogP contribution is -2.20. The third kappa shape index (κ3) is 5.27. The zero-order chi connectivity index (χ0) is 18.0. The molecule has 3 rings (SSSR count). The molecule has 2 heteroatoms. The molecule has 0 fully saturated rings. The van der Waals surface area contributed by atoms with Crippen LogP contribution in [0.1, 0.15) is 24.8 Å². The van der Waals surface area contributed by atoms with Gasteiger partial charge in [0.2, 0.25) is 0 Å². The number of hydrogen-bond donors (Lipinski definition) is 0. The third-order valence-corrected chi connectivity index (χ3v) is 6.98. The first-order valence-electron chi connectivity index (χ1n) is 9.36. The number of ether oxygens (including phenoxy) is 1. The summed E-state index contributed by atoms with van der Waals surface area (Å²) in [5.41, 5.74) is 1.43. The summed E-state index contributed by atoms with van der Waals surface area (Å²) in [5, 5.41) is 4.22. The highest BCUT2D eigenvalue weighted by molar-refractivity contribution is 7.79. The minimum atomic E-state index is -0.496. The van der Waals surface area contributed by atoms with Gasteiger partial charge >= 0.3 is 0 Å². The molecule has 0 radical (unpaired) electrons. The summed E-state index contributed by atoms with van der Waals surface area (Å²) in [5.74, 6) is 0. The van der Waals surface area contributed by atoms with E-state index in [0.717, 1.165) is 19.4 Å². The highest BCUT2D eigenvalue weighted by atomic mass is 31.1. The molecule has 0 saturated carbocycles. The molecule has 0 aliphatic carbocycles. The Morgan fingerprint density at radius 2 is 1.15 bits per heavy atom. The van der Waals surface area contributed by atoms with Gasteiger partial charge in [-0.15, -0.1) is 0 Å². The van der Waals surface area contributed by atoms with Crippen molar-refractivity contribution in [2.45, 2.75) is 25.7 Å². The molecule has 0 heterocycles. The van der Waals surface area contributed by atoms with Crippen molar-refractivity contribution in [2.24, 2.45) is 0 Å². The Kier molecular flexibility index (Phi) is 7.43. The average molecular weight is 362 g/mol. The van der Waals surface area contributed by atoms with E-state index in [4.69, 9.17) is 4.74 Å². The van der Waals surface area contributed by atoms with Crippen LogP contribution >= 0.6 is 7.92 Å². The van der Waals surface area contributed by atoms with Gasteiger partial charge in [-0.1, -0.05) is 91.3 Å². The topological polar surface area (TPSA) is 9.23 Å². The quantitative estimate of drug-likeness (QED) is 0.392. The van der Waals surface area contributed by atoms with E-state index in [0.29, 0.717) is 0 Å². The summed E-state index contributed by atoms with van der Waals surface area (Å²) >= 11 is 0. The predicted molar refractivity (Wildman–Crippen MR) is 115 cm³/mol. The highest BCUT2D eigenvalue weighted by Gasteiger charge is 2.15. The predicted octanol–water partition coefficient (Wildman–Crippen LogP) is 4.80. The summed E-state index contributed by atoms with van der Waals surface area (Å²) in [6, 6.07) is 31.0. The molecular weight excluding hydrogens is 335 g/mol. The van der Waals surface area contributed by atoms with Gasteiger partial charge in [-0.25, -0.2) is 0 Å². The molecule has 0 spiro atoms. The van der Waals surface area contributed by atoms with E-state index in [2.05, 4.69) is 84.9 Å². The Morgan fingerprint density at radius 1 is 0.615 bits per heavy atom. The van der Waals surface area contributed by atoms with Gasteiger partial charge in [0.15, 0.2) is 0 Å². The molecule has 1 nitrogen and oxygen atoms in total. The fraction of sp³-hybridized carbons (Fsp3) is 0.250. The standard InChI is InChI=1S/C24H27OP/c1-25-20-10-4-5-11-21-16-18-24(19-17-21)26(22-12-6-2-7-13-22)23-14-8-3-9-15-23/h2-3,6-9,12-19H,4-5,10-11,20H2,1H3. The first-order valence-corrected chi connectivity index (χ1v) is 10.7. The van der Waals surface area contributed by atoms with Crippen molar-refractivity contribution in [3.05, 3.63) is 90.5 Å². The van der Waals surface area contributed by atoms with Crippen LogP contribution in [0.4, 0.5) is 0 Å². The Hall–Kier alpha value is -1.95. The molecule has 134 valence electrons. The molecule has 3 aromatic rings. The number of methoxy groups -OCH3 is 1. The average Bonchev–Trinajstić information content (AvgIpc) is 2.71. The van der Waals surface area contributed by atoms with Crippen LogP contribution in [0.25, 0.3) is 0 Å². The molecule has 0 bridgehead atoms. The van der Waals surface area contributed by atoms with E-state index < -0.39 is 7.92 Å². The molecule has 26 heavy (non-hydrogen) atoms. The number of hydrogen-bond acceptors (Lipinski definition) is 1. The van der Waals surface area contributed by atoms with E-state index in [-0.39, 0.29) is 0 Å². The van der Waals surface area contributed by atoms with E-state index in [1.165, 1.54) is 34.3 Å². The van der Waals surface area contributed by atoms with Crippen molar-refractivity contribution in [1.82, 2.24) is 0 Å². The van der Waals surface area contributed by atoms with Gasteiger partial charge < -0.3 is 4.74 Å². The fourth-order valence-electron chi connectivity index (χ4n) is 3.17. The van der Waals surface area contributed by atoms with Gasteiger partial charge in [0, 0.05) is 13.7 Å². The molecule has 0 N–H and O–H groups in total. The second-order valence-corrected chi connectivity index (χ2v) is 8.70. The number of benzene rings is 3. The Labute approximate surface area is 158 Å². The van der Waals surface area contributed by atoms with Crippen molar-refractivity contribution >= 4 is 23.8 Å². The van der Waals surface area contributed by atoms with E-state index in [1.54, 1.807) is 7.11 Å². The van der Waals surface area contributed by atoms with Crippen LogP contribution in [0.2, 0.25) is 0 Å². The lowest BCUT2D eigenvalue weighted by molar-refractivity contribution is 0.192. The van der Waals surface area contributed by atoms with Crippen LogP contribution < -0.4 is 15.9 Å². The third-order valence-electron chi connectivity index (χ3n) is 4.54. The van der Waals surface area contributed by atoms with E-state index in [1.807, 2.05) is 0 Å². The Morgan fingerprint density at radius 3 is 1.69 bits per heavy atom. The summed E-state index contributed by atoms with van der Waals surface area (Å²) in [6.07, 6.45) is 4.77. The molecule has 0 amide bonds. The second-order valence-electron chi connectivity index (χ2n) is 6.48. The van der Waals surface area contributed by atoms with Gasteiger partial charge in [0.25, 0.3) is 0 Å². The van der Waals surface area contributed by atoms with Gasteiger partial charge in [0.1, 0.15) is 0 Å². The summed E-state index contributed by atoms with van der Waals surface area (Å²) in [4.78, 5) is 0. The minimum Gasteiger partial charge on any atom is -0.385 e. The maximum absolute atomic E-state index is 5.12. The van der Waals surface area contributed by atoms with Gasteiger partial charge in [0.05, 0.1) is 0 Å². The Balaban J connectivity index is 1.75. The largest absolute Gasteiger partial charge is 0.385 e. The highest BCUT2D eigenvalue weighted by Crippen LogP contribution is 2.32.